The van der Waals surface area contributed by atoms with Crippen LogP contribution in [-0.4, -0.2) is 36.5 Å². The Balaban J connectivity index is 1.60. The molecule has 3 rings (SSSR count). The van der Waals surface area contributed by atoms with Gasteiger partial charge in [-0.05, 0) is 30.3 Å². The molecule has 31 heavy (non-hydrogen) atoms. The van der Waals surface area contributed by atoms with Gasteiger partial charge in [-0.2, -0.15) is 0 Å². The molecule has 8 heteroatoms. The van der Waals surface area contributed by atoms with Crippen LogP contribution in [0.2, 0.25) is 0 Å². The summed E-state index contributed by atoms with van der Waals surface area (Å²) in [5.41, 5.74) is 2.36. The van der Waals surface area contributed by atoms with Gasteiger partial charge in [-0.15, -0.1) is 0 Å². The van der Waals surface area contributed by atoms with Crippen LogP contribution in [-0.2, 0) is 19.1 Å². The molecule has 2 aromatic carbocycles. The molecule has 0 saturated heterocycles. The molecule has 0 fully saturated rings. The van der Waals surface area contributed by atoms with Crippen molar-refractivity contribution >= 4 is 46.1 Å². The summed E-state index contributed by atoms with van der Waals surface area (Å²) < 4.78 is 10.2. The summed E-state index contributed by atoms with van der Waals surface area (Å²) >= 11 is 0. The predicted octanol–water partition coefficient (Wildman–Crippen LogP) is 3.40. The van der Waals surface area contributed by atoms with Gasteiger partial charge in [-0.1, -0.05) is 24.3 Å². The van der Waals surface area contributed by atoms with Crippen LogP contribution >= 0.6 is 0 Å². The van der Waals surface area contributed by atoms with Crippen molar-refractivity contribution in [2.45, 2.75) is 6.92 Å². The third-order valence-corrected chi connectivity index (χ3v) is 4.20. The first-order valence-electron chi connectivity index (χ1n) is 9.40. The van der Waals surface area contributed by atoms with Crippen molar-refractivity contribution in [1.29, 1.82) is 0 Å². The zero-order valence-corrected chi connectivity index (χ0v) is 17.0. The van der Waals surface area contributed by atoms with E-state index in [0.717, 1.165) is 16.5 Å². The van der Waals surface area contributed by atoms with Crippen LogP contribution in [0.15, 0.2) is 60.8 Å². The lowest BCUT2D eigenvalue weighted by molar-refractivity contribution is -0.142. The fourth-order valence-corrected chi connectivity index (χ4v) is 2.88. The summed E-state index contributed by atoms with van der Waals surface area (Å²) in [5.74, 6) is -1.06. The lowest BCUT2D eigenvalue weighted by Crippen LogP contribution is -2.20. The average molecular weight is 419 g/mol. The number of fused-ring (bicyclic) bond motifs is 1. The van der Waals surface area contributed by atoms with Gasteiger partial charge in [-0.3, -0.25) is 14.6 Å². The van der Waals surface area contributed by atoms with Crippen LogP contribution in [0.1, 0.15) is 12.5 Å². The molecule has 2 amide bonds. The van der Waals surface area contributed by atoms with E-state index in [9.17, 15) is 14.4 Å². The Kier molecular flexibility index (Phi) is 6.95. The molecule has 3 aromatic rings. The lowest BCUT2D eigenvalue weighted by Gasteiger charge is -2.12. The van der Waals surface area contributed by atoms with Crippen molar-refractivity contribution in [3.8, 4) is 5.75 Å². The molecule has 1 heterocycles. The molecule has 0 atom stereocenters. The largest absolute Gasteiger partial charge is 0.495 e. The molecule has 0 aliphatic rings. The number of carbonyl (C=O) groups is 3. The lowest BCUT2D eigenvalue weighted by atomic mass is 10.1. The predicted molar refractivity (Wildman–Crippen MR) is 118 cm³/mol. The number of hydrogen-bond donors (Lipinski definition) is 2. The molecule has 0 bridgehead atoms. The van der Waals surface area contributed by atoms with E-state index in [2.05, 4.69) is 15.6 Å². The van der Waals surface area contributed by atoms with Crippen LogP contribution < -0.4 is 15.4 Å². The minimum Gasteiger partial charge on any atom is -0.495 e. The van der Waals surface area contributed by atoms with Gasteiger partial charge < -0.3 is 20.1 Å². The second-order valence-electron chi connectivity index (χ2n) is 6.51. The van der Waals surface area contributed by atoms with Crippen molar-refractivity contribution in [3.05, 3.63) is 66.4 Å². The van der Waals surface area contributed by atoms with Gasteiger partial charge in [0.05, 0.1) is 18.3 Å². The Morgan fingerprint density at radius 1 is 1.06 bits per heavy atom. The van der Waals surface area contributed by atoms with Gasteiger partial charge in [0.1, 0.15) is 5.75 Å². The van der Waals surface area contributed by atoms with E-state index in [1.165, 1.54) is 20.1 Å². The zero-order valence-electron chi connectivity index (χ0n) is 17.0. The Morgan fingerprint density at radius 3 is 2.65 bits per heavy atom. The molecule has 1 aromatic heterocycles. The van der Waals surface area contributed by atoms with Crippen molar-refractivity contribution in [2.75, 3.05) is 24.4 Å². The first-order valence-corrected chi connectivity index (χ1v) is 9.40. The number of nitrogens with zero attached hydrogens (tertiary/aromatic N) is 1. The molecule has 0 saturated carbocycles. The summed E-state index contributed by atoms with van der Waals surface area (Å²) in [5, 5.41) is 6.17. The smallest absolute Gasteiger partial charge is 0.331 e. The van der Waals surface area contributed by atoms with Gasteiger partial charge >= 0.3 is 5.97 Å². The van der Waals surface area contributed by atoms with E-state index >= 15 is 0 Å². The number of para-hydroxylation sites is 1. The van der Waals surface area contributed by atoms with Gasteiger partial charge in [0.15, 0.2) is 6.61 Å². The van der Waals surface area contributed by atoms with Gasteiger partial charge in [0.2, 0.25) is 5.91 Å². The van der Waals surface area contributed by atoms with Crippen LogP contribution in [0.3, 0.4) is 0 Å². The molecule has 0 radical (unpaired) electrons. The number of amides is 2. The van der Waals surface area contributed by atoms with Crippen LogP contribution in [0, 0.1) is 0 Å². The minimum atomic E-state index is -0.665. The fourth-order valence-electron chi connectivity index (χ4n) is 2.88. The topological polar surface area (TPSA) is 107 Å². The van der Waals surface area contributed by atoms with Gasteiger partial charge in [0, 0.05) is 35.8 Å². The normalized spacial score (nSPS) is 10.6. The highest BCUT2D eigenvalue weighted by molar-refractivity contribution is 5.98. The van der Waals surface area contributed by atoms with Crippen molar-refractivity contribution in [2.24, 2.45) is 0 Å². The van der Waals surface area contributed by atoms with Gasteiger partial charge in [0.25, 0.3) is 5.91 Å². The zero-order chi connectivity index (χ0) is 22.2. The molecule has 0 unspecified atom stereocenters. The van der Waals surface area contributed by atoms with Gasteiger partial charge in [-0.25, -0.2) is 4.79 Å². The van der Waals surface area contributed by atoms with Crippen molar-refractivity contribution < 1.29 is 23.9 Å². The number of ether oxygens (including phenoxy) is 2. The van der Waals surface area contributed by atoms with Crippen LogP contribution in [0.25, 0.3) is 17.0 Å². The second kappa shape index (κ2) is 10.0. The average Bonchev–Trinajstić information content (AvgIpc) is 2.76. The molecule has 158 valence electrons. The van der Waals surface area contributed by atoms with Crippen molar-refractivity contribution in [3.63, 3.8) is 0 Å². The maximum absolute atomic E-state index is 12.2. The summed E-state index contributed by atoms with van der Waals surface area (Å²) in [6, 6.07) is 14.2. The maximum Gasteiger partial charge on any atom is 0.331 e. The standard InChI is InChI=1S/C23H21N3O5/c1-15(27)25-18-9-10-20(30-2)19(13-18)26-21(28)14-31-22(29)11-8-17-6-3-5-16-7-4-12-24-23(16)17/h3-13H,14H2,1-2H3,(H,25,27)(H,26,28). The molecular weight excluding hydrogens is 398 g/mol. The number of hydrogen-bond acceptors (Lipinski definition) is 6. The number of anilines is 2. The summed E-state index contributed by atoms with van der Waals surface area (Å²) in [4.78, 5) is 39.8. The van der Waals surface area contributed by atoms with Crippen LogP contribution in [0.5, 0.6) is 5.75 Å². The number of esters is 1. The summed E-state index contributed by atoms with van der Waals surface area (Å²) in [7, 11) is 1.45. The second-order valence-corrected chi connectivity index (χ2v) is 6.51. The fraction of sp³-hybridized carbons (Fsp3) is 0.130. The highest BCUT2D eigenvalue weighted by Gasteiger charge is 2.11. The van der Waals surface area contributed by atoms with E-state index in [0.29, 0.717) is 17.1 Å². The number of aromatic nitrogens is 1. The number of carbonyl (C=O) groups excluding carboxylic acids is 3. The Hall–Kier alpha value is -4.20. The first kappa shape index (κ1) is 21.5. The van der Waals surface area contributed by atoms with Crippen molar-refractivity contribution in [1.82, 2.24) is 4.98 Å². The molecular formula is C23H21N3O5. The number of pyridine rings is 1. The summed E-state index contributed by atoms with van der Waals surface area (Å²) in [6.07, 6.45) is 4.52. The summed E-state index contributed by atoms with van der Waals surface area (Å²) in [6.45, 7) is 0.897. The molecule has 0 aliphatic carbocycles. The maximum atomic E-state index is 12.2. The highest BCUT2D eigenvalue weighted by atomic mass is 16.5. The quantitative estimate of drug-likeness (QED) is 0.449. The van der Waals surface area contributed by atoms with E-state index < -0.39 is 18.5 Å². The Labute approximate surface area is 178 Å². The van der Waals surface area contributed by atoms with E-state index in [1.54, 1.807) is 30.5 Å². The SMILES string of the molecule is COc1ccc(NC(C)=O)cc1NC(=O)COC(=O)C=Cc1cccc2cccnc12. The molecule has 0 aliphatic heterocycles. The minimum absolute atomic E-state index is 0.246. The highest BCUT2D eigenvalue weighted by Crippen LogP contribution is 2.27. The third-order valence-electron chi connectivity index (χ3n) is 4.20. The van der Waals surface area contributed by atoms with Crippen LogP contribution in [0.4, 0.5) is 11.4 Å². The van der Waals surface area contributed by atoms with E-state index in [-0.39, 0.29) is 5.91 Å². The monoisotopic (exact) mass is 419 g/mol. The number of nitrogens with one attached hydrogen (secondary N) is 2. The first-order chi connectivity index (χ1) is 15.0. The number of benzene rings is 2. The molecule has 0 spiro atoms. The van der Waals surface area contributed by atoms with E-state index in [4.69, 9.17) is 9.47 Å². The number of methoxy groups -OCH3 is 1. The number of rotatable bonds is 7. The molecule has 2 N–H and O–H groups in total. The Bertz CT molecular complexity index is 1150. The third kappa shape index (κ3) is 5.89. The molecule has 8 nitrogen and oxygen atoms in total. The van der Waals surface area contributed by atoms with E-state index in [1.807, 2.05) is 30.3 Å². The Morgan fingerprint density at radius 2 is 1.87 bits per heavy atom.